The molecule has 1 rings (SSSR count). The highest BCUT2D eigenvalue weighted by Crippen LogP contribution is 2.05. The largest absolute Gasteiger partial charge is 0.340 e. The average molecular weight is 261 g/mol. The van der Waals surface area contributed by atoms with Gasteiger partial charge in [-0.2, -0.15) is 5.10 Å². The summed E-state index contributed by atoms with van der Waals surface area (Å²) in [6.45, 7) is 4.83. The maximum Gasteiger partial charge on any atom is 0.271 e. The molecule has 3 N–H and O–H groups in total. The number of hydrogen-bond acceptors (Lipinski definition) is 3. The first-order chi connectivity index (χ1) is 7.52. The van der Waals surface area contributed by atoms with Gasteiger partial charge in [0.2, 0.25) is 0 Å². The van der Waals surface area contributed by atoms with Gasteiger partial charge in [0.1, 0.15) is 5.69 Å². The van der Waals surface area contributed by atoms with E-state index in [4.69, 9.17) is 5.73 Å². The number of nitrogens with two attached hydrogens (primary N) is 1. The molecule has 0 fully saturated rings. The highest BCUT2D eigenvalue weighted by Gasteiger charge is 2.14. The smallest absolute Gasteiger partial charge is 0.271 e. The van der Waals surface area contributed by atoms with Crippen LogP contribution in [0.3, 0.4) is 0 Å². The van der Waals surface area contributed by atoms with Crippen molar-refractivity contribution in [3.05, 3.63) is 18.0 Å². The molecule has 1 aromatic rings. The fourth-order valence-electron chi connectivity index (χ4n) is 1.36. The van der Waals surface area contributed by atoms with Gasteiger partial charge in [0.05, 0.1) is 0 Å². The summed E-state index contributed by atoms with van der Waals surface area (Å²) >= 11 is 0. The molecule has 0 saturated heterocycles. The van der Waals surface area contributed by atoms with Crippen LogP contribution in [0.15, 0.2) is 12.3 Å². The standard InChI is InChI=1S/C11H20N4O.ClH/c1-8(2)9(12)5-7-15(3)11(16)10-4-6-13-14-10;/h4,6,8-9H,5,7,12H2,1-3H3,(H,13,14);1H. The van der Waals surface area contributed by atoms with Gasteiger partial charge in [-0.05, 0) is 18.4 Å². The lowest BCUT2D eigenvalue weighted by molar-refractivity contribution is 0.0783. The van der Waals surface area contributed by atoms with Crippen molar-refractivity contribution in [2.45, 2.75) is 26.3 Å². The number of nitrogens with zero attached hydrogens (tertiary/aromatic N) is 2. The average Bonchev–Trinajstić information content (AvgIpc) is 2.77. The van der Waals surface area contributed by atoms with Crippen molar-refractivity contribution in [2.75, 3.05) is 13.6 Å². The molecule has 1 atom stereocenters. The molecule has 0 aromatic carbocycles. The lowest BCUT2D eigenvalue weighted by Gasteiger charge is -2.20. The predicted molar refractivity (Wildman–Crippen MR) is 70.2 cm³/mol. The Morgan fingerprint density at radius 1 is 1.59 bits per heavy atom. The van der Waals surface area contributed by atoms with Crippen molar-refractivity contribution in [1.82, 2.24) is 15.1 Å². The summed E-state index contributed by atoms with van der Waals surface area (Å²) in [5.41, 5.74) is 6.44. The van der Waals surface area contributed by atoms with Gasteiger partial charge in [-0.15, -0.1) is 12.4 Å². The van der Waals surface area contributed by atoms with Gasteiger partial charge in [-0.3, -0.25) is 9.89 Å². The van der Waals surface area contributed by atoms with Crippen LogP contribution < -0.4 is 5.73 Å². The molecule has 1 aromatic heterocycles. The molecule has 0 spiro atoms. The van der Waals surface area contributed by atoms with Gasteiger partial charge < -0.3 is 10.6 Å². The molecule has 1 unspecified atom stereocenters. The molecule has 0 radical (unpaired) electrons. The van der Waals surface area contributed by atoms with Crippen LogP contribution in [-0.4, -0.2) is 40.6 Å². The van der Waals surface area contributed by atoms with Crippen LogP contribution >= 0.6 is 12.4 Å². The minimum atomic E-state index is -0.0477. The Morgan fingerprint density at radius 2 is 2.24 bits per heavy atom. The molecule has 17 heavy (non-hydrogen) atoms. The van der Waals surface area contributed by atoms with Gasteiger partial charge in [0, 0.05) is 25.8 Å². The summed E-state index contributed by atoms with van der Waals surface area (Å²) in [6.07, 6.45) is 2.38. The van der Waals surface area contributed by atoms with Crippen LogP contribution in [-0.2, 0) is 0 Å². The molecule has 0 saturated carbocycles. The minimum absolute atomic E-state index is 0. The number of rotatable bonds is 5. The first-order valence-electron chi connectivity index (χ1n) is 5.52. The predicted octanol–water partition coefficient (Wildman–Crippen LogP) is 1.28. The van der Waals surface area contributed by atoms with E-state index in [0.29, 0.717) is 18.2 Å². The number of carbonyl (C=O) groups excluding carboxylic acids is 1. The van der Waals surface area contributed by atoms with Crippen LogP contribution in [0, 0.1) is 5.92 Å². The maximum absolute atomic E-state index is 11.8. The monoisotopic (exact) mass is 260 g/mol. The quantitative estimate of drug-likeness (QED) is 0.837. The normalized spacial score (nSPS) is 12.1. The molecule has 1 heterocycles. The molecule has 0 aliphatic heterocycles. The number of H-pyrrole nitrogens is 1. The van der Waals surface area contributed by atoms with Crippen molar-refractivity contribution in [1.29, 1.82) is 0 Å². The van der Waals surface area contributed by atoms with Crippen molar-refractivity contribution in [3.8, 4) is 0 Å². The molecule has 0 aliphatic rings. The minimum Gasteiger partial charge on any atom is -0.340 e. The lowest BCUT2D eigenvalue weighted by Crippen LogP contribution is -2.34. The molecule has 1 amide bonds. The van der Waals surface area contributed by atoms with E-state index >= 15 is 0 Å². The van der Waals surface area contributed by atoms with Gasteiger partial charge >= 0.3 is 0 Å². The van der Waals surface area contributed by atoms with E-state index in [1.165, 1.54) is 0 Å². The number of nitrogens with one attached hydrogen (secondary N) is 1. The Bertz CT molecular complexity index is 326. The second-order valence-electron chi connectivity index (χ2n) is 4.39. The van der Waals surface area contributed by atoms with Crippen LogP contribution in [0.1, 0.15) is 30.8 Å². The van der Waals surface area contributed by atoms with Gasteiger partial charge in [0.25, 0.3) is 5.91 Å². The Balaban J connectivity index is 0.00000256. The summed E-state index contributed by atoms with van der Waals surface area (Å²) in [5.74, 6) is 0.393. The first-order valence-corrected chi connectivity index (χ1v) is 5.52. The van der Waals surface area contributed by atoms with E-state index < -0.39 is 0 Å². The van der Waals surface area contributed by atoms with Crippen molar-refractivity contribution < 1.29 is 4.79 Å². The van der Waals surface area contributed by atoms with Crippen LogP contribution in [0.4, 0.5) is 0 Å². The van der Waals surface area contributed by atoms with Crippen molar-refractivity contribution in [2.24, 2.45) is 11.7 Å². The SMILES string of the molecule is CC(C)C(N)CCN(C)C(=O)c1ccn[nH]1.Cl. The zero-order valence-corrected chi connectivity index (χ0v) is 11.3. The number of halogens is 1. The Morgan fingerprint density at radius 3 is 2.71 bits per heavy atom. The lowest BCUT2D eigenvalue weighted by atomic mass is 10.0. The third-order valence-corrected chi connectivity index (χ3v) is 2.73. The number of carbonyl (C=O) groups is 1. The second kappa shape index (κ2) is 7.29. The number of hydrogen-bond donors (Lipinski definition) is 2. The van der Waals surface area contributed by atoms with Gasteiger partial charge in [0.15, 0.2) is 0 Å². The third kappa shape index (κ3) is 4.75. The van der Waals surface area contributed by atoms with Gasteiger partial charge in [-0.1, -0.05) is 13.8 Å². The summed E-state index contributed by atoms with van der Waals surface area (Å²) in [6, 6.07) is 1.80. The Hall–Kier alpha value is -1.07. The van der Waals surface area contributed by atoms with E-state index in [1.54, 1.807) is 24.2 Å². The summed E-state index contributed by atoms with van der Waals surface area (Å²) < 4.78 is 0. The summed E-state index contributed by atoms with van der Waals surface area (Å²) in [4.78, 5) is 13.5. The fourth-order valence-corrected chi connectivity index (χ4v) is 1.36. The highest BCUT2D eigenvalue weighted by atomic mass is 35.5. The number of aromatic amines is 1. The Kier molecular flexibility index (Phi) is 6.83. The van der Waals surface area contributed by atoms with Crippen LogP contribution in [0.5, 0.6) is 0 Å². The molecule has 6 heteroatoms. The van der Waals surface area contributed by atoms with Crippen molar-refractivity contribution in [3.63, 3.8) is 0 Å². The van der Waals surface area contributed by atoms with E-state index in [0.717, 1.165) is 6.42 Å². The topological polar surface area (TPSA) is 75.0 Å². The Labute approximate surface area is 108 Å². The van der Waals surface area contributed by atoms with E-state index in [-0.39, 0.29) is 24.4 Å². The summed E-state index contributed by atoms with van der Waals surface area (Å²) in [5, 5.41) is 6.41. The van der Waals surface area contributed by atoms with Crippen LogP contribution in [0.2, 0.25) is 0 Å². The van der Waals surface area contributed by atoms with Crippen LogP contribution in [0.25, 0.3) is 0 Å². The third-order valence-electron chi connectivity index (χ3n) is 2.73. The number of aromatic nitrogens is 2. The molecule has 0 bridgehead atoms. The van der Waals surface area contributed by atoms with Crippen molar-refractivity contribution >= 4 is 18.3 Å². The molecule has 98 valence electrons. The van der Waals surface area contributed by atoms with E-state index in [1.807, 2.05) is 0 Å². The van der Waals surface area contributed by atoms with Gasteiger partial charge in [-0.25, -0.2) is 0 Å². The highest BCUT2D eigenvalue weighted by molar-refractivity contribution is 5.91. The summed E-state index contributed by atoms with van der Waals surface area (Å²) in [7, 11) is 1.77. The van der Waals surface area contributed by atoms with E-state index in [9.17, 15) is 4.79 Å². The first kappa shape index (κ1) is 15.9. The number of amides is 1. The molecular formula is C11H21ClN4O. The fraction of sp³-hybridized carbons (Fsp3) is 0.636. The second-order valence-corrected chi connectivity index (χ2v) is 4.39. The molecule has 0 aliphatic carbocycles. The molecular weight excluding hydrogens is 240 g/mol. The zero-order valence-electron chi connectivity index (χ0n) is 10.5. The zero-order chi connectivity index (χ0) is 12.1. The van der Waals surface area contributed by atoms with E-state index in [2.05, 4.69) is 24.0 Å². The molecule has 5 nitrogen and oxygen atoms in total. The maximum atomic E-state index is 11.8.